The highest BCUT2D eigenvalue weighted by Gasteiger charge is 2.33. The molecule has 0 saturated carbocycles. The van der Waals surface area contributed by atoms with Crippen LogP contribution in [0.15, 0.2) is 0 Å². The minimum absolute atomic E-state index is 0.0191. The normalized spacial score (nSPS) is 23.8. The zero-order chi connectivity index (χ0) is 17.7. The van der Waals surface area contributed by atoms with Gasteiger partial charge in [-0.05, 0) is 38.0 Å². The molecule has 1 N–H and O–H groups in total. The first-order valence-corrected chi connectivity index (χ1v) is 9.21. The Morgan fingerprint density at radius 3 is 2.33 bits per heavy atom. The minimum atomic E-state index is -0.758. The van der Waals surface area contributed by atoms with Gasteiger partial charge in [0.1, 0.15) is 0 Å². The fourth-order valence-corrected chi connectivity index (χ4v) is 3.73. The van der Waals surface area contributed by atoms with Crippen LogP contribution in [0.3, 0.4) is 0 Å². The first-order valence-electron chi connectivity index (χ1n) is 9.21. The van der Waals surface area contributed by atoms with Crippen LogP contribution >= 0.6 is 0 Å². The highest BCUT2D eigenvalue weighted by molar-refractivity contribution is 5.82. The Morgan fingerprint density at radius 2 is 1.75 bits per heavy atom. The van der Waals surface area contributed by atoms with Crippen molar-refractivity contribution in [3.05, 3.63) is 0 Å². The van der Waals surface area contributed by atoms with Crippen molar-refractivity contribution in [2.45, 2.75) is 52.4 Å². The summed E-state index contributed by atoms with van der Waals surface area (Å²) in [5, 5.41) is 8.87. The summed E-state index contributed by atoms with van der Waals surface area (Å²) < 4.78 is 0. The summed E-state index contributed by atoms with van der Waals surface area (Å²) in [7, 11) is 0. The lowest BCUT2D eigenvalue weighted by molar-refractivity contribution is -0.143. The third-order valence-corrected chi connectivity index (χ3v) is 5.51. The Bertz CT molecular complexity index is 472. The smallest absolute Gasteiger partial charge is 0.303 e. The summed E-state index contributed by atoms with van der Waals surface area (Å²) in [5.41, 5.74) is 0. The van der Waals surface area contributed by atoms with Crippen LogP contribution in [0.2, 0.25) is 0 Å². The van der Waals surface area contributed by atoms with Crippen LogP contribution in [-0.4, -0.2) is 58.9 Å². The Labute approximate surface area is 144 Å². The zero-order valence-corrected chi connectivity index (χ0v) is 14.9. The second kappa shape index (κ2) is 8.49. The van der Waals surface area contributed by atoms with Crippen molar-refractivity contribution in [1.29, 1.82) is 0 Å². The average Bonchev–Trinajstić information content (AvgIpc) is 2.60. The van der Waals surface area contributed by atoms with E-state index in [-0.39, 0.29) is 36.0 Å². The molecule has 2 amide bonds. The highest BCUT2D eigenvalue weighted by Crippen LogP contribution is 2.25. The molecule has 2 heterocycles. The van der Waals surface area contributed by atoms with Gasteiger partial charge >= 0.3 is 5.97 Å². The van der Waals surface area contributed by atoms with Gasteiger partial charge in [0.05, 0.1) is 5.92 Å². The Hall–Kier alpha value is -1.59. The van der Waals surface area contributed by atoms with E-state index in [1.807, 2.05) is 23.6 Å². The lowest BCUT2D eigenvalue weighted by atomic mass is 9.91. The molecule has 0 spiro atoms. The lowest BCUT2D eigenvalue weighted by Gasteiger charge is -2.38. The maximum atomic E-state index is 12.8. The van der Waals surface area contributed by atoms with Crippen molar-refractivity contribution in [2.75, 3.05) is 26.2 Å². The quantitative estimate of drug-likeness (QED) is 0.831. The largest absolute Gasteiger partial charge is 0.481 e. The molecule has 2 fully saturated rings. The predicted octanol–water partition coefficient (Wildman–Crippen LogP) is 1.98. The number of carboxylic acid groups (broad SMARTS) is 1. The van der Waals surface area contributed by atoms with E-state index < -0.39 is 5.97 Å². The Kier molecular flexibility index (Phi) is 6.63. The fraction of sp³-hybridized carbons (Fsp3) is 0.833. The summed E-state index contributed by atoms with van der Waals surface area (Å²) >= 11 is 0. The molecule has 6 nitrogen and oxygen atoms in total. The molecule has 0 aromatic rings. The number of likely N-dealkylation sites (tertiary alicyclic amines) is 2. The van der Waals surface area contributed by atoms with Gasteiger partial charge in [0, 0.05) is 38.5 Å². The number of aliphatic carboxylic acids is 1. The molecule has 0 aromatic carbocycles. The first-order chi connectivity index (χ1) is 11.4. The Morgan fingerprint density at radius 1 is 1.08 bits per heavy atom. The number of carbonyl (C=O) groups is 3. The molecule has 0 radical (unpaired) electrons. The third kappa shape index (κ3) is 4.71. The fourth-order valence-electron chi connectivity index (χ4n) is 3.73. The van der Waals surface area contributed by atoms with Gasteiger partial charge < -0.3 is 14.9 Å². The van der Waals surface area contributed by atoms with Gasteiger partial charge in [-0.25, -0.2) is 0 Å². The SMILES string of the molecule is CC[C@@H](C)C(=O)N1CCC[C@@H](C(=O)N2CCC(CC(=O)O)CC2)C1. The van der Waals surface area contributed by atoms with Crippen LogP contribution in [0.25, 0.3) is 0 Å². The van der Waals surface area contributed by atoms with Gasteiger partial charge in [-0.1, -0.05) is 13.8 Å². The average molecular weight is 338 g/mol. The summed E-state index contributed by atoms with van der Waals surface area (Å²) in [6, 6.07) is 0. The van der Waals surface area contributed by atoms with Crippen LogP contribution < -0.4 is 0 Å². The maximum absolute atomic E-state index is 12.8. The van der Waals surface area contributed by atoms with E-state index in [1.165, 1.54) is 0 Å². The van der Waals surface area contributed by atoms with Crippen molar-refractivity contribution < 1.29 is 19.5 Å². The van der Waals surface area contributed by atoms with Gasteiger partial charge in [0.15, 0.2) is 0 Å². The summed E-state index contributed by atoms with van der Waals surface area (Å²) in [6.45, 7) is 6.54. The maximum Gasteiger partial charge on any atom is 0.303 e. The van der Waals surface area contributed by atoms with Gasteiger partial charge in [0.2, 0.25) is 11.8 Å². The van der Waals surface area contributed by atoms with Crippen LogP contribution in [0.5, 0.6) is 0 Å². The van der Waals surface area contributed by atoms with Crippen molar-refractivity contribution in [1.82, 2.24) is 9.80 Å². The van der Waals surface area contributed by atoms with E-state index in [4.69, 9.17) is 5.11 Å². The molecule has 0 bridgehead atoms. The van der Waals surface area contributed by atoms with Crippen LogP contribution in [0, 0.1) is 17.8 Å². The highest BCUT2D eigenvalue weighted by atomic mass is 16.4. The molecule has 0 unspecified atom stereocenters. The van der Waals surface area contributed by atoms with E-state index in [1.54, 1.807) is 0 Å². The van der Waals surface area contributed by atoms with E-state index in [2.05, 4.69) is 0 Å². The summed E-state index contributed by atoms with van der Waals surface area (Å²) in [6.07, 6.45) is 4.28. The second-order valence-electron chi connectivity index (χ2n) is 7.30. The van der Waals surface area contributed by atoms with Crippen molar-refractivity contribution in [2.24, 2.45) is 17.8 Å². The molecule has 2 aliphatic rings. The van der Waals surface area contributed by atoms with Crippen LogP contribution in [0.1, 0.15) is 52.4 Å². The molecule has 2 rings (SSSR count). The van der Waals surface area contributed by atoms with E-state index in [0.717, 1.165) is 38.6 Å². The van der Waals surface area contributed by atoms with E-state index in [9.17, 15) is 14.4 Å². The molecule has 24 heavy (non-hydrogen) atoms. The third-order valence-electron chi connectivity index (χ3n) is 5.51. The number of nitrogens with zero attached hydrogens (tertiary/aromatic N) is 2. The van der Waals surface area contributed by atoms with Crippen molar-refractivity contribution in [3.8, 4) is 0 Å². The van der Waals surface area contributed by atoms with Crippen molar-refractivity contribution in [3.63, 3.8) is 0 Å². The van der Waals surface area contributed by atoms with E-state index in [0.29, 0.717) is 19.6 Å². The molecule has 136 valence electrons. The molecular formula is C18H30N2O4. The first kappa shape index (κ1) is 18.7. The number of hydrogen-bond donors (Lipinski definition) is 1. The Balaban J connectivity index is 1.86. The van der Waals surface area contributed by atoms with Crippen LogP contribution in [-0.2, 0) is 14.4 Å². The molecule has 0 aliphatic carbocycles. The topological polar surface area (TPSA) is 77.9 Å². The summed E-state index contributed by atoms with van der Waals surface area (Å²) in [4.78, 5) is 39.7. The monoisotopic (exact) mass is 338 g/mol. The van der Waals surface area contributed by atoms with Gasteiger partial charge in [0.25, 0.3) is 0 Å². The zero-order valence-electron chi connectivity index (χ0n) is 14.9. The predicted molar refractivity (Wildman–Crippen MR) is 90.3 cm³/mol. The number of hydrogen-bond acceptors (Lipinski definition) is 3. The number of amides is 2. The second-order valence-corrected chi connectivity index (χ2v) is 7.30. The number of carbonyl (C=O) groups excluding carboxylic acids is 2. The molecule has 2 aliphatic heterocycles. The number of carboxylic acids is 1. The molecular weight excluding hydrogens is 308 g/mol. The van der Waals surface area contributed by atoms with Gasteiger partial charge in [-0.3, -0.25) is 14.4 Å². The van der Waals surface area contributed by atoms with Crippen LogP contribution in [0.4, 0.5) is 0 Å². The summed E-state index contributed by atoms with van der Waals surface area (Å²) in [5.74, 6) is -0.346. The van der Waals surface area contributed by atoms with Gasteiger partial charge in [-0.15, -0.1) is 0 Å². The standard InChI is InChI=1S/C18H30N2O4/c1-3-13(2)17(23)20-8-4-5-15(12-20)18(24)19-9-6-14(7-10-19)11-16(21)22/h13-15H,3-12H2,1-2H3,(H,21,22)/t13-,15-/m1/s1. The lowest BCUT2D eigenvalue weighted by Crippen LogP contribution is -2.49. The molecule has 2 saturated heterocycles. The van der Waals surface area contributed by atoms with Crippen molar-refractivity contribution >= 4 is 17.8 Å². The number of piperidine rings is 2. The molecule has 2 atom stereocenters. The van der Waals surface area contributed by atoms with Gasteiger partial charge in [-0.2, -0.15) is 0 Å². The van der Waals surface area contributed by atoms with E-state index >= 15 is 0 Å². The minimum Gasteiger partial charge on any atom is -0.481 e. The number of rotatable bonds is 5. The molecule has 0 aromatic heterocycles. The molecule has 6 heteroatoms.